The van der Waals surface area contributed by atoms with E-state index in [2.05, 4.69) is 35.8 Å². The van der Waals surface area contributed by atoms with Crippen molar-refractivity contribution >= 4 is 5.91 Å². The first-order valence-corrected chi connectivity index (χ1v) is 8.34. The van der Waals surface area contributed by atoms with Crippen molar-refractivity contribution in [2.75, 3.05) is 20.2 Å². The molecule has 0 saturated heterocycles. The molecule has 0 radical (unpaired) electrons. The van der Waals surface area contributed by atoms with E-state index in [9.17, 15) is 4.79 Å². The van der Waals surface area contributed by atoms with Crippen molar-refractivity contribution in [2.24, 2.45) is 0 Å². The molecule has 0 spiro atoms. The number of nitrogens with one attached hydrogen (secondary N) is 2. The Morgan fingerprint density at radius 1 is 1.04 bits per heavy atom. The molecule has 2 rings (SSSR count). The maximum absolute atomic E-state index is 11.9. The minimum absolute atomic E-state index is 0.0789. The minimum atomic E-state index is 0.0789. The molecule has 0 bridgehead atoms. The van der Waals surface area contributed by atoms with E-state index in [-0.39, 0.29) is 5.91 Å². The van der Waals surface area contributed by atoms with E-state index in [0.717, 1.165) is 18.7 Å². The van der Waals surface area contributed by atoms with Crippen LogP contribution in [0.25, 0.3) is 0 Å². The zero-order valence-electron chi connectivity index (χ0n) is 14.5. The van der Waals surface area contributed by atoms with E-state index < -0.39 is 0 Å². The molecule has 0 aliphatic heterocycles. The molecule has 0 fully saturated rings. The van der Waals surface area contributed by atoms with Crippen LogP contribution in [0.2, 0.25) is 0 Å². The molecule has 4 nitrogen and oxygen atoms in total. The third-order valence-electron chi connectivity index (χ3n) is 4.02. The molecule has 1 amide bonds. The molecule has 2 aromatic rings. The Bertz CT molecular complexity index is 638. The SMILES string of the molecule is COc1ccc(CCNCCC(=O)NCc2ccccc2C)cc1. The first-order valence-electron chi connectivity index (χ1n) is 8.34. The molecule has 4 heteroatoms. The van der Waals surface area contributed by atoms with Crippen LogP contribution in [0.3, 0.4) is 0 Å². The number of carbonyl (C=O) groups is 1. The minimum Gasteiger partial charge on any atom is -0.497 e. The van der Waals surface area contributed by atoms with Gasteiger partial charge in [0.15, 0.2) is 0 Å². The fraction of sp³-hybridized carbons (Fsp3) is 0.350. The Hall–Kier alpha value is -2.33. The fourth-order valence-corrected chi connectivity index (χ4v) is 2.44. The highest BCUT2D eigenvalue weighted by Crippen LogP contribution is 2.11. The van der Waals surface area contributed by atoms with Gasteiger partial charge in [-0.3, -0.25) is 4.79 Å². The topological polar surface area (TPSA) is 50.4 Å². The number of benzene rings is 2. The monoisotopic (exact) mass is 326 g/mol. The van der Waals surface area contributed by atoms with E-state index >= 15 is 0 Å². The number of rotatable bonds is 9. The summed E-state index contributed by atoms with van der Waals surface area (Å²) in [6.07, 6.45) is 1.43. The standard InChI is InChI=1S/C20H26N2O2/c1-16-5-3-4-6-18(16)15-22-20(23)12-14-21-13-11-17-7-9-19(24-2)10-8-17/h3-10,21H,11-15H2,1-2H3,(H,22,23). The smallest absolute Gasteiger partial charge is 0.221 e. The van der Waals surface area contributed by atoms with Gasteiger partial charge in [-0.15, -0.1) is 0 Å². The summed E-state index contributed by atoms with van der Waals surface area (Å²) in [6.45, 7) is 4.20. The summed E-state index contributed by atoms with van der Waals surface area (Å²) in [5, 5.41) is 6.28. The Labute approximate surface area is 144 Å². The largest absolute Gasteiger partial charge is 0.497 e. The van der Waals surface area contributed by atoms with Crippen LogP contribution < -0.4 is 15.4 Å². The number of carbonyl (C=O) groups excluding carboxylic acids is 1. The first kappa shape index (κ1) is 18.0. The van der Waals surface area contributed by atoms with E-state index in [1.54, 1.807) is 7.11 Å². The summed E-state index contributed by atoms with van der Waals surface area (Å²) < 4.78 is 5.14. The Morgan fingerprint density at radius 3 is 2.50 bits per heavy atom. The Morgan fingerprint density at radius 2 is 1.79 bits per heavy atom. The summed E-state index contributed by atoms with van der Waals surface area (Å²) in [5.41, 5.74) is 3.63. The summed E-state index contributed by atoms with van der Waals surface area (Å²) in [7, 11) is 1.67. The predicted octanol–water partition coefficient (Wildman–Crippen LogP) is 2.84. The number of amides is 1. The molecule has 0 unspecified atom stereocenters. The van der Waals surface area contributed by atoms with E-state index in [1.165, 1.54) is 16.7 Å². The van der Waals surface area contributed by atoms with Crippen molar-refractivity contribution < 1.29 is 9.53 Å². The third-order valence-corrected chi connectivity index (χ3v) is 4.02. The number of methoxy groups -OCH3 is 1. The molecule has 0 aliphatic rings. The van der Waals surface area contributed by atoms with E-state index in [1.807, 2.05) is 30.3 Å². The first-order chi connectivity index (χ1) is 11.7. The van der Waals surface area contributed by atoms with Gasteiger partial charge in [0, 0.05) is 19.5 Å². The molecule has 0 aromatic heterocycles. The van der Waals surface area contributed by atoms with Crippen LogP contribution in [-0.2, 0) is 17.8 Å². The Kier molecular flexibility index (Phi) is 7.30. The third kappa shape index (κ3) is 6.05. The van der Waals surface area contributed by atoms with Gasteiger partial charge in [-0.2, -0.15) is 0 Å². The molecule has 2 N–H and O–H groups in total. The van der Waals surface area contributed by atoms with Crippen LogP contribution in [0.5, 0.6) is 5.75 Å². The maximum atomic E-state index is 11.9. The average molecular weight is 326 g/mol. The van der Waals surface area contributed by atoms with Crippen LogP contribution >= 0.6 is 0 Å². The van der Waals surface area contributed by atoms with E-state index in [0.29, 0.717) is 19.5 Å². The van der Waals surface area contributed by atoms with Gasteiger partial charge in [0.05, 0.1) is 7.11 Å². The molecule has 128 valence electrons. The highest BCUT2D eigenvalue weighted by atomic mass is 16.5. The summed E-state index contributed by atoms with van der Waals surface area (Å²) in [5.74, 6) is 0.951. The molecule has 0 atom stereocenters. The molecule has 0 heterocycles. The van der Waals surface area contributed by atoms with Crippen molar-refractivity contribution in [3.05, 3.63) is 65.2 Å². The number of ether oxygens (including phenoxy) is 1. The van der Waals surface area contributed by atoms with Gasteiger partial charge in [-0.05, 0) is 48.7 Å². The van der Waals surface area contributed by atoms with Gasteiger partial charge in [0.1, 0.15) is 5.75 Å². The van der Waals surface area contributed by atoms with Crippen LogP contribution in [0, 0.1) is 6.92 Å². The number of hydrogen-bond donors (Lipinski definition) is 2. The fourth-order valence-electron chi connectivity index (χ4n) is 2.44. The van der Waals surface area contributed by atoms with Gasteiger partial charge in [-0.1, -0.05) is 36.4 Å². The predicted molar refractivity (Wildman–Crippen MR) is 97.2 cm³/mol. The summed E-state index contributed by atoms with van der Waals surface area (Å²) >= 11 is 0. The second-order valence-corrected chi connectivity index (χ2v) is 5.80. The number of hydrogen-bond acceptors (Lipinski definition) is 3. The summed E-state index contributed by atoms with van der Waals surface area (Å²) in [6, 6.07) is 16.2. The van der Waals surface area contributed by atoms with Crippen LogP contribution in [0.15, 0.2) is 48.5 Å². The van der Waals surface area contributed by atoms with Gasteiger partial charge >= 0.3 is 0 Å². The zero-order chi connectivity index (χ0) is 17.2. The zero-order valence-corrected chi connectivity index (χ0v) is 14.5. The normalized spacial score (nSPS) is 10.4. The van der Waals surface area contributed by atoms with Crippen molar-refractivity contribution in [1.29, 1.82) is 0 Å². The summed E-state index contributed by atoms with van der Waals surface area (Å²) in [4.78, 5) is 11.9. The van der Waals surface area contributed by atoms with E-state index in [4.69, 9.17) is 4.74 Å². The van der Waals surface area contributed by atoms with Gasteiger partial charge in [0.2, 0.25) is 5.91 Å². The lowest BCUT2D eigenvalue weighted by Gasteiger charge is -2.09. The van der Waals surface area contributed by atoms with Crippen molar-refractivity contribution in [3.8, 4) is 5.75 Å². The lowest BCUT2D eigenvalue weighted by Crippen LogP contribution is -2.28. The quantitative estimate of drug-likeness (QED) is 0.697. The van der Waals surface area contributed by atoms with Crippen LogP contribution in [0.1, 0.15) is 23.1 Å². The van der Waals surface area contributed by atoms with Crippen LogP contribution in [0.4, 0.5) is 0 Å². The molecular weight excluding hydrogens is 300 g/mol. The van der Waals surface area contributed by atoms with Gasteiger partial charge in [-0.25, -0.2) is 0 Å². The molecular formula is C20H26N2O2. The number of aryl methyl sites for hydroxylation is 1. The second kappa shape index (κ2) is 9.73. The van der Waals surface area contributed by atoms with Crippen molar-refractivity contribution in [1.82, 2.24) is 10.6 Å². The lowest BCUT2D eigenvalue weighted by molar-refractivity contribution is -0.121. The van der Waals surface area contributed by atoms with Gasteiger partial charge < -0.3 is 15.4 Å². The molecule has 0 aliphatic carbocycles. The maximum Gasteiger partial charge on any atom is 0.221 e. The van der Waals surface area contributed by atoms with Crippen molar-refractivity contribution in [2.45, 2.75) is 26.3 Å². The molecule has 2 aromatic carbocycles. The second-order valence-electron chi connectivity index (χ2n) is 5.80. The highest BCUT2D eigenvalue weighted by Gasteiger charge is 2.02. The lowest BCUT2D eigenvalue weighted by atomic mass is 10.1. The average Bonchev–Trinajstić information content (AvgIpc) is 2.61. The highest BCUT2D eigenvalue weighted by molar-refractivity contribution is 5.76. The van der Waals surface area contributed by atoms with Crippen LogP contribution in [-0.4, -0.2) is 26.1 Å². The Balaban J connectivity index is 1.58. The van der Waals surface area contributed by atoms with Gasteiger partial charge in [0.25, 0.3) is 0 Å². The molecule has 24 heavy (non-hydrogen) atoms. The molecule has 0 saturated carbocycles. The van der Waals surface area contributed by atoms with Crippen molar-refractivity contribution in [3.63, 3.8) is 0 Å².